The molecule has 2 aromatic rings. The van der Waals surface area contributed by atoms with E-state index >= 15 is 0 Å². The Bertz CT molecular complexity index is 672. The third-order valence-corrected chi connectivity index (χ3v) is 3.08. The van der Waals surface area contributed by atoms with Crippen LogP contribution >= 0.6 is 23.2 Å². The van der Waals surface area contributed by atoms with Crippen LogP contribution in [0.4, 0.5) is 19.0 Å². The number of alkyl halides is 3. The molecule has 1 aromatic heterocycles. The van der Waals surface area contributed by atoms with E-state index in [1.54, 1.807) is 24.3 Å². The number of hydrazone groups is 1. The Hall–Kier alpha value is -1.79. The number of nitrogens with one attached hydrogen (secondary N) is 1. The van der Waals surface area contributed by atoms with Crippen LogP contribution in [0.2, 0.25) is 10.0 Å². The molecule has 0 unspecified atom stereocenters. The van der Waals surface area contributed by atoms with Crippen LogP contribution in [0, 0.1) is 0 Å². The largest absolute Gasteiger partial charge is 0.417 e. The Morgan fingerprint density at radius 3 is 2.48 bits per heavy atom. The van der Waals surface area contributed by atoms with E-state index in [2.05, 4.69) is 15.5 Å². The molecule has 110 valence electrons. The topological polar surface area (TPSA) is 37.3 Å². The van der Waals surface area contributed by atoms with Crippen molar-refractivity contribution in [3.8, 4) is 0 Å². The number of halogens is 5. The number of nitrogens with zero attached hydrogens (tertiary/aromatic N) is 2. The minimum Gasteiger partial charge on any atom is -0.260 e. The van der Waals surface area contributed by atoms with Gasteiger partial charge in [0.05, 0.1) is 16.8 Å². The van der Waals surface area contributed by atoms with Crippen molar-refractivity contribution in [3.63, 3.8) is 0 Å². The normalized spacial score (nSPS) is 11.9. The van der Waals surface area contributed by atoms with Crippen molar-refractivity contribution in [1.29, 1.82) is 0 Å². The molecule has 0 spiro atoms. The summed E-state index contributed by atoms with van der Waals surface area (Å²) in [6, 6.07) is 7.74. The van der Waals surface area contributed by atoms with Crippen molar-refractivity contribution >= 4 is 35.2 Å². The monoisotopic (exact) mass is 333 g/mol. The fourth-order valence-corrected chi connectivity index (χ4v) is 1.81. The fourth-order valence-electron chi connectivity index (χ4n) is 1.42. The summed E-state index contributed by atoms with van der Waals surface area (Å²) in [5, 5.41) is 4.15. The van der Waals surface area contributed by atoms with Crippen LogP contribution in [0.15, 0.2) is 41.6 Å². The molecule has 0 aliphatic carbocycles. The van der Waals surface area contributed by atoms with E-state index in [1.165, 1.54) is 6.21 Å². The van der Waals surface area contributed by atoms with Crippen LogP contribution in [0.5, 0.6) is 0 Å². The zero-order valence-corrected chi connectivity index (χ0v) is 11.8. The third-order valence-electron chi connectivity index (χ3n) is 2.45. The van der Waals surface area contributed by atoms with Gasteiger partial charge in [0.2, 0.25) is 0 Å². The lowest BCUT2D eigenvalue weighted by atomic mass is 10.2. The summed E-state index contributed by atoms with van der Waals surface area (Å²) in [4.78, 5) is 3.59. The second-order valence-electron chi connectivity index (χ2n) is 3.94. The molecule has 21 heavy (non-hydrogen) atoms. The van der Waals surface area contributed by atoms with E-state index in [1.807, 2.05) is 0 Å². The molecule has 0 fully saturated rings. The van der Waals surface area contributed by atoms with E-state index in [-0.39, 0.29) is 10.8 Å². The fraction of sp³-hybridized carbons (Fsp3) is 0.0769. The van der Waals surface area contributed by atoms with Gasteiger partial charge in [-0.1, -0.05) is 41.4 Å². The van der Waals surface area contributed by atoms with Crippen LogP contribution < -0.4 is 5.43 Å². The van der Waals surface area contributed by atoms with Crippen LogP contribution in [-0.2, 0) is 6.18 Å². The number of hydrogen-bond donors (Lipinski definition) is 1. The van der Waals surface area contributed by atoms with Gasteiger partial charge in [-0.15, -0.1) is 0 Å². The first-order valence-corrected chi connectivity index (χ1v) is 6.40. The lowest BCUT2D eigenvalue weighted by Gasteiger charge is -2.08. The number of rotatable bonds is 3. The van der Waals surface area contributed by atoms with Gasteiger partial charge in [0, 0.05) is 16.8 Å². The maximum atomic E-state index is 12.5. The first-order valence-electron chi connectivity index (χ1n) is 5.64. The number of anilines is 1. The van der Waals surface area contributed by atoms with Crippen molar-refractivity contribution in [2.24, 2.45) is 5.10 Å². The second-order valence-corrected chi connectivity index (χ2v) is 4.76. The van der Waals surface area contributed by atoms with Crippen molar-refractivity contribution in [3.05, 3.63) is 57.7 Å². The van der Waals surface area contributed by atoms with Crippen LogP contribution in [0.25, 0.3) is 0 Å². The highest BCUT2D eigenvalue weighted by molar-refractivity contribution is 6.33. The van der Waals surface area contributed by atoms with Crippen molar-refractivity contribution in [1.82, 2.24) is 4.98 Å². The zero-order valence-electron chi connectivity index (χ0n) is 10.3. The predicted molar refractivity (Wildman–Crippen MR) is 76.9 cm³/mol. The number of benzene rings is 1. The lowest BCUT2D eigenvalue weighted by molar-refractivity contribution is -0.137. The predicted octanol–water partition coefficient (Wildman–Crippen LogP) is 4.85. The third kappa shape index (κ3) is 4.09. The summed E-state index contributed by atoms with van der Waals surface area (Å²) < 4.78 is 37.4. The molecule has 0 saturated carbocycles. The number of pyridine rings is 1. The van der Waals surface area contributed by atoms with E-state index in [4.69, 9.17) is 23.2 Å². The van der Waals surface area contributed by atoms with E-state index in [9.17, 15) is 13.2 Å². The highest BCUT2D eigenvalue weighted by Crippen LogP contribution is 2.32. The molecule has 1 heterocycles. The molecular formula is C13H8Cl2F3N3. The first kappa shape index (κ1) is 15.6. The Balaban J connectivity index is 2.12. The molecular weight excluding hydrogens is 326 g/mol. The van der Waals surface area contributed by atoms with Gasteiger partial charge in [0.1, 0.15) is 0 Å². The zero-order chi connectivity index (χ0) is 15.5. The molecule has 0 radical (unpaired) electrons. The van der Waals surface area contributed by atoms with Gasteiger partial charge in [0.15, 0.2) is 5.82 Å². The van der Waals surface area contributed by atoms with Crippen molar-refractivity contribution in [2.45, 2.75) is 6.18 Å². The van der Waals surface area contributed by atoms with Gasteiger partial charge >= 0.3 is 6.18 Å². The van der Waals surface area contributed by atoms with Gasteiger partial charge in [-0.2, -0.15) is 18.3 Å². The first-order chi connectivity index (χ1) is 9.88. The van der Waals surface area contributed by atoms with Crippen molar-refractivity contribution in [2.75, 3.05) is 5.43 Å². The summed E-state index contributed by atoms with van der Waals surface area (Å²) in [5.41, 5.74) is 2.19. The summed E-state index contributed by atoms with van der Waals surface area (Å²) in [5.74, 6) is 0.0213. The van der Waals surface area contributed by atoms with Gasteiger partial charge < -0.3 is 0 Å². The Morgan fingerprint density at radius 1 is 1.14 bits per heavy atom. The molecule has 0 atom stereocenters. The average molecular weight is 334 g/mol. The van der Waals surface area contributed by atoms with Gasteiger partial charge in [-0.3, -0.25) is 5.43 Å². The molecule has 0 amide bonds. The Morgan fingerprint density at radius 2 is 1.86 bits per heavy atom. The molecule has 2 rings (SSSR count). The van der Waals surface area contributed by atoms with Crippen LogP contribution in [0.1, 0.15) is 11.1 Å². The molecule has 0 bridgehead atoms. The summed E-state index contributed by atoms with van der Waals surface area (Å²) in [6.07, 6.45) is -2.40. The minimum atomic E-state index is -4.49. The highest BCUT2D eigenvalue weighted by atomic mass is 35.5. The minimum absolute atomic E-state index is 0.0213. The molecule has 0 saturated heterocycles. The molecule has 0 aliphatic rings. The van der Waals surface area contributed by atoms with E-state index < -0.39 is 11.7 Å². The SMILES string of the molecule is FC(F)(F)c1cnc(N/N=C/c2ccccc2Cl)c(Cl)c1. The maximum Gasteiger partial charge on any atom is 0.417 e. The smallest absolute Gasteiger partial charge is 0.260 e. The highest BCUT2D eigenvalue weighted by Gasteiger charge is 2.31. The standard InChI is InChI=1S/C13H8Cl2F3N3/c14-10-4-2-1-3-8(10)6-20-21-12-11(15)5-9(7-19-12)13(16,17)18/h1-7H,(H,19,21)/b20-6+. The number of hydrogen-bond acceptors (Lipinski definition) is 3. The molecule has 0 aliphatic heterocycles. The van der Waals surface area contributed by atoms with Gasteiger partial charge in [-0.25, -0.2) is 4.98 Å². The van der Waals surface area contributed by atoms with Gasteiger partial charge in [-0.05, 0) is 12.1 Å². The summed E-state index contributed by atoms with van der Waals surface area (Å²) in [6.45, 7) is 0. The van der Waals surface area contributed by atoms with Crippen LogP contribution in [-0.4, -0.2) is 11.2 Å². The molecule has 3 nitrogen and oxygen atoms in total. The van der Waals surface area contributed by atoms with E-state index in [0.29, 0.717) is 16.8 Å². The van der Waals surface area contributed by atoms with Crippen molar-refractivity contribution < 1.29 is 13.2 Å². The number of aromatic nitrogens is 1. The summed E-state index contributed by atoms with van der Waals surface area (Å²) in [7, 11) is 0. The average Bonchev–Trinajstić information content (AvgIpc) is 2.41. The van der Waals surface area contributed by atoms with Crippen LogP contribution in [0.3, 0.4) is 0 Å². The summed E-state index contributed by atoms with van der Waals surface area (Å²) >= 11 is 11.6. The second kappa shape index (κ2) is 6.32. The maximum absolute atomic E-state index is 12.5. The molecule has 1 aromatic carbocycles. The Kier molecular flexibility index (Phi) is 4.69. The molecule has 1 N–H and O–H groups in total. The van der Waals surface area contributed by atoms with E-state index in [0.717, 1.165) is 6.07 Å². The molecule has 8 heteroatoms. The van der Waals surface area contributed by atoms with Gasteiger partial charge in [0.25, 0.3) is 0 Å². The Labute approximate surface area is 128 Å². The lowest BCUT2D eigenvalue weighted by Crippen LogP contribution is -2.06. The quantitative estimate of drug-likeness (QED) is 0.643.